The van der Waals surface area contributed by atoms with Crippen molar-refractivity contribution in [1.29, 1.82) is 0 Å². The average molecular weight is 181 g/mol. The van der Waals surface area contributed by atoms with Crippen molar-refractivity contribution >= 4 is 11.9 Å². The summed E-state index contributed by atoms with van der Waals surface area (Å²) < 4.78 is 5.85. The number of rotatable bonds is 1. The topological polar surface area (TPSA) is 48.3 Å². The van der Waals surface area contributed by atoms with E-state index in [0.717, 1.165) is 5.69 Å². The van der Waals surface area contributed by atoms with Crippen LogP contribution in [0.25, 0.3) is 0 Å². The van der Waals surface area contributed by atoms with Crippen LogP contribution in [0.1, 0.15) is 27.9 Å². The number of aromatic nitrogens is 1. The fraction of sp³-hybridized carbons (Fsp3) is 0.333. The highest BCUT2D eigenvalue weighted by Crippen LogP contribution is 2.09. The van der Waals surface area contributed by atoms with Gasteiger partial charge in [0, 0.05) is 12.6 Å². The maximum Gasteiger partial charge on any atom is 0.355 e. The summed E-state index contributed by atoms with van der Waals surface area (Å²) in [6, 6.07) is 3.27. The van der Waals surface area contributed by atoms with E-state index in [0.29, 0.717) is 0 Å². The molecule has 4 nitrogen and oxygen atoms in total. The van der Waals surface area contributed by atoms with Gasteiger partial charge in [0.1, 0.15) is 5.69 Å². The van der Waals surface area contributed by atoms with Gasteiger partial charge in [-0.1, -0.05) is 0 Å². The van der Waals surface area contributed by atoms with Crippen molar-refractivity contribution in [3.63, 3.8) is 0 Å². The molecule has 0 aliphatic rings. The van der Waals surface area contributed by atoms with Gasteiger partial charge in [0.15, 0.2) is 0 Å². The lowest BCUT2D eigenvalue weighted by Gasteiger charge is -2.04. The maximum absolute atomic E-state index is 11.2. The first kappa shape index (κ1) is 9.51. The number of carbonyl (C=O) groups is 2. The molecule has 0 atom stereocenters. The van der Waals surface area contributed by atoms with Crippen molar-refractivity contribution in [2.24, 2.45) is 0 Å². The van der Waals surface area contributed by atoms with E-state index in [-0.39, 0.29) is 11.6 Å². The Bertz CT molecular complexity index is 352. The highest BCUT2D eigenvalue weighted by molar-refractivity contribution is 5.93. The van der Waals surface area contributed by atoms with Crippen LogP contribution in [-0.4, -0.2) is 23.6 Å². The zero-order valence-corrected chi connectivity index (χ0v) is 7.83. The number of ether oxygens (including phenoxy) is 1. The number of hydrogen-bond acceptors (Lipinski definition) is 3. The second-order valence-electron chi connectivity index (χ2n) is 2.71. The fourth-order valence-electron chi connectivity index (χ4n) is 1.22. The Morgan fingerprint density at radius 2 is 2.00 bits per heavy atom. The third-order valence-corrected chi connectivity index (χ3v) is 1.79. The Kier molecular flexibility index (Phi) is 2.51. The van der Waals surface area contributed by atoms with Gasteiger partial charge in [0.2, 0.25) is 5.91 Å². The van der Waals surface area contributed by atoms with E-state index < -0.39 is 5.97 Å². The molecule has 0 saturated carbocycles. The molecule has 0 spiro atoms. The van der Waals surface area contributed by atoms with Gasteiger partial charge >= 0.3 is 5.97 Å². The zero-order valence-electron chi connectivity index (χ0n) is 7.83. The molecule has 0 aliphatic carbocycles. The second-order valence-corrected chi connectivity index (χ2v) is 2.71. The third kappa shape index (κ3) is 1.61. The first-order chi connectivity index (χ1) is 6.07. The minimum absolute atomic E-state index is 0.192. The lowest BCUT2D eigenvalue weighted by molar-refractivity contribution is 0.0581. The van der Waals surface area contributed by atoms with E-state index in [1.807, 2.05) is 0 Å². The molecule has 0 bridgehead atoms. The summed E-state index contributed by atoms with van der Waals surface area (Å²) in [4.78, 5) is 22.3. The van der Waals surface area contributed by atoms with Crippen LogP contribution >= 0.6 is 0 Å². The molecule has 0 radical (unpaired) electrons. The van der Waals surface area contributed by atoms with Gasteiger partial charge in [0.25, 0.3) is 0 Å². The molecular weight excluding hydrogens is 170 g/mol. The minimum Gasteiger partial charge on any atom is -0.464 e. The van der Waals surface area contributed by atoms with Crippen LogP contribution in [0.15, 0.2) is 12.1 Å². The molecule has 1 heterocycles. The zero-order chi connectivity index (χ0) is 10.0. The van der Waals surface area contributed by atoms with Gasteiger partial charge in [-0.3, -0.25) is 9.36 Å². The molecule has 1 aromatic rings. The highest BCUT2D eigenvalue weighted by Gasteiger charge is 2.15. The van der Waals surface area contributed by atoms with E-state index in [9.17, 15) is 9.59 Å². The molecule has 1 aromatic heterocycles. The van der Waals surface area contributed by atoms with E-state index in [4.69, 9.17) is 0 Å². The van der Waals surface area contributed by atoms with Crippen LogP contribution in [0.5, 0.6) is 0 Å². The Morgan fingerprint density at radius 3 is 2.46 bits per heavy atom. The molecule has 0 aromatic carbocycles. The van der Waals surface area contributed by atoms with Gasteiger partial charge < -0.3 is 4.74 Å². The van der Waals surface area contributed by atoms with Gasteiger partial charge in [0.05, 0.1) is 7.11 Å². The van der Waals surface area contributed by atoms with Crippen molar-refractivity contribution in [3.05, 3.63) is 23.5 Å². The molecule has 0 N–H and O–H groups in total. The normalized spacial score (nSPS) is 9.77. The second kappa shape index (κ2) is 3.43. The Balaban J connectivity index is 3.22. The summed E-state index contributed by atoms with van der Waals surface area (Å²) in [5, 5.41) is 0. The standard InChI is InChI=1S/C9H11NO3/c1-6-4-5-8(9(12)13-3)10(6)7(2)11/h4-5H,1-3H3. The minimum atomic E-state index is -0.497. The van der Waals surface area contributed by atoms with Crippen LogP contribution in [0, 0.1) is 6.92 Å². The lowest BCUT2D eigenvalue weighted by Crippen LogP contribution is -2.16. The summed E-state index contributed by atoms with van der Waals surface area (Å²) in [7, 11) is 1.29. The number of methoxy groups -OCH3 is 1. The summed E-state index contributed by atoms with van der Waals surface area (Å²) in [5.74, 6) is -0.689. The van der Waals surface area contributed by atoms with Crippen LogP contribution in [0.4, 0.5) is 0 Å². The summed E-state index contributed by atoms with van der Waals surface area (Å²) in [5.41, 5.74) is 1.00. The molecule has 4 heteroatoms. The van der Waals surface area contributed by atoms with Crippen molar-refractivity contribution in [2.45, 2.75) is 13.8 Å². The van der Waals surface area contributed by atoms with Crippen molar-refractivity contribution < 1.29 is 14.3 Å². The van der Waals surface area contributed by atoms with Crippen LogP contribution in [0.2, 0.25) is 0 Å². The number of hydrogen-bond donors (Lipinski definition) is 0. The van der Waals surface area contributed by atoms with Gasteiger partial charge in [-0.2, -0.15) is 0 Å². The lowest BCUT2D eigenvalue weighted by atomic mass is 10.4. The van der Waals surface area contributed by atoms with Crippen LogP contribution < -0.4 is 0 Å². The fourth-order valence-corrected chi connectivity index (χ4v) is 1.22. The average Bonchev–Trinajstić information content (AvgIpc) is 2.45. The Hall–Kier alpha value is -1.58. The molecule has 0 saturated heterocycles. The number of carbonyl (C=O) groups excluding carboxylic acids is 2. The van der Waals surface area contributed by atoms with E-state index in [2.05, 4.69) is 4.74 Å². The van der Waals surface area contributed by atoms with Crippen molar-refractivity contribution in [1.82, 2.24) is 4.57 Å². The van der Waals surface area contributed by atoms with Crippen molar-refractivity contribution in [2.75, 3.05) is 7.11 Å². The van der Waals surface area contributed by atoms with Gasteiger partial charge in [-0.05, 0) is 19.1 Å². The number of nitrogens with zero attached hydrogens (tertiary/aromatic N) is 1. The van der Waals surface area contributed by atoms with E-state index in [1.54, 1.807) is 19.1 Å². The van der Waals surface area contributed by atoms with Crippen LogP contribution in [-0.2, 0) is 4.74 Å². The van der Waals surface area contributed by atoms with Crippen molar-refractivity contribution in [3.8, 4) is 0 Å². The number of aryl methyl sites for hydroxylation is 1. The largest absolute Gasteiger partial charge is 0.464 e. The Morgan fingerprint density at radius 1 is 1.38 bits per heavy atom. The van der Waals surface area contributed by atoms with Gasteiger partial charge in [-0.15, -0.1) is 0 Å². The quantitative estimate of drug-likeness (QED) is 0.612. The first-order valence-corrected chi connectivity index (χ1v) is 3.85. The smallest absolute Gasteiger partial charge is 0.355 e. The first-order valence-electron chi connectivity index (χ1n) is 3.85. The molecule has 0 amide bonds. The molecule has 70 valence electrons. The predicted molar refractivity (Wildman–Crippen MR) is 46.8 cm³/mol. The summed E-state index contributed by atoms with van der Waals surface area (Å²) in [6.45, 7) is 3.16. The summed E-state index contributed by atoms with van der Waals surface area (Å²) in [6.07, 6.45) is 0. The number of esters is 1. The molecule has 13 heavy (non-hydrogen) atoms. The molecule has 0 aliphatic heterocycles. The van der Waals surface area contributed by atoms with E-state index >= 15 is 0 Å². The molecule has 0 fully saturated rings. The third-order valence-electron chi connectivity index (χ3n) is 1.79. The maximum atomic E-state index is 11.2. The monoisotopic (exact) mass is 181 g/mol. The molecule has 0 unspecified atom stereocenters. The van der Waals surface area contributed by atoms with Crippen LogP contribution in [0.3, 0.4) is 0 Å². The van der Waals surface area contributed by atoms with Gasteiger partial charge in [-0.25, -0.2) is 4.79 Å². The summed E-state index contributed by atoms with van der Waals surface area (Å²) >= 11 is 0. The highest BCUT2D eigenvalue weighted by atomic mass is 16.5. The SMILES string of the molecule is COC(=O)c1ccc(C)n1C(C)=O. The Labute approximate surface area is 76.1 Å². The predicted octanol–water partition coefficient (Wildman–Crippen LogP) is 1.24. The molecule has 1 rings (SSSR count). The van der Waals surface area contributed by atoms with E-state index in [1.165, 1.54) is 18.6 Å². The molecular formula is C9H11NO3.